The number of fused-ring (bicyclic) bond motifs is 1. The van der Waals surface area contributed by atoms with Gasteiger partial charge < -0.3 is 10.2 Å². The molecule has 2 amide bonds. The lowest BCUT2D eigenvalue weighted by atomic mass is 9.94. The molecule has 1 aromatic heterocycles. The molecular weight excluding hydrogens is 427 g/mol. The molecule has 0 bridgehead atoms. The Labute approximate surface area is 180 Å². The molecule has 1 aliphatic rings. The van der Waals surface area contributed by atoms with Crippen LogP contribution in [0.2, 0.25) is 0 Å². The second kappa shape index (κ2) is 8.66. The zero-order chi connectivity index (χ0) is 22.0. The van der Waals surface area contributed by atoms with E-state index >= 15 is 0 Å². The van der Waals surface area contributed by atoms with Crippen molar-refractivity contribution in [1.29, 1.82) is 0 Å². The summed E-state index contributed by atoms with van der Waals surface area (Å²) in [6.45, 7) is 0.260. The highest BCUT2D eigenvalue weighted by Crippen LogP contribution is 2.38. The number of benzene rings is 2. The molecule has 2 atom stereocenters. The van der Waals surface area contributed by atoms with Crippen LogP contribution in [0.25, 0.3) is 10.2 Å². The number of likely N-dealkylation sites (tertiary alicyclic amines) is 1. The summed E-state index contributed by atoms with van der Waals surface area (Å²) < 4.78 is 41.8. The summed E-state index contributed by atoms with van der Waals surface area (Å²) in [4.78, 5) is 31.2. The second-order valence-electron chi connectivity index (χ2n) is 7.43. The van der Waals surface area contributed by atoms with Crippen molar-refractivity contribution in [3.63, 3.8) is 0 Å². The highest BCUT2D eigenvalue weighted by Gasteiger charge is 2.44. The average Bonchev–Trinajstić information content (AvgIpc) is 3.38. The summed E-state index contributed by atoms with van der Waals surface area (Å²) in [6.07, 6.45) is -4.32. The molecule has 1 N–H and O–H groups in total. The maximum atomic E-state index is 13.6. The largest absolute Gasteiger partial charge is 0.396 e. The van der Waals surface area contributed by atoms with Crippen molar-refractivity contribution >= 4 is 38.5 Å². The average molecular weight is 447 g/mol. The molecule has 0 radical (unpaired) electrons. The molecule has 0 spiro atoms. The Bertz CT molecular complexity index is 1050. The van der Waals surface area contributed by atoms with Crippen LogP contribution in [0.15, 0.2) is 54.6 Å². The van der Waals surface area contributed by atoms with Gasteiger partial charge >= 0.3 is 6.18 Å². The molecule has 2 aromatic carbocycles. The number of hydrogen-bond acceptors (Lipinski definition) is 4. The first-order valence-corrected chi connectivity index (χ1v) is 10.7. The van der Waals surface area contributed by atoms with Gasteiger partial charge in [0.25, 0.3) is 0 Å². The lowest BCUT2D eigenvalue weighted by molar-refractivity contribution is -0.161. The van der Waals surface area contributed by atoms with Crippen molar-refractivity contribution in [3.05, 3.63) is 60.2 Å². The number of hydrogen-bond donors (Lipinski definition) is 1. The molecule has 1 aliphatic heterocycles. The fourth-order valence-corrected chi connectivity index (χ4v) is 4.72. The maximum Gasteiger partial charge on any atom is 0.396 e. The van der Waals surface area contributed by atoms with E-state index in [0.717, 1.165) is 10.2 Å². The predicted octanol–water partition coefficient (Wildman–Crippen LogP) is 4.96. The van der Waals surface area contributed by atoms with Gasteiger partial charge in [0.1, 0.15) is 6.04 Å². The number of carbonyl (C=O) groups is 2. The number of anilines is 1. The Morgan fingerprint density at radius 3 is 2.55 bits per heavy atom. The van der Waals surface area contributed by atoms with E-state index in [1.807, 2.05) is 24.3 Å². The van der Waals surface area contributed by atoms with Gasteiger partial charge in [0.05, 0.1) is 16.1 Å². The molecule has 4 rings (SSSR count). The van der Waals surface area contributed by atoms with E-state index in [-0.39, 0.29) is 12.1 Å². The molecule has 2 unspecified atom stereocenters. The lowest BCUT2D eigenvalue weighted by Gasteiger charge is -2.27. The number of para-hydroxylation sites is 1. The number of thiazole rings is 1. The van der Waals surface area contributed by atoms with Crippen LogP contribution < -0.4 is 5.32 Å². The van der Waals surface area contributed by atoms with Crippen molar-refractivity contribution in [2.24, 2.45) is 0 Å². The van der Waals surface area contributed by atoms with E-state index < -0.39 is 36.4 Å². The summed E-state index contributed by atoms with van der Waals surface area (Å²) in [5.41, 5.74) is 0.788. The van der Waals surface area contributed by atoms with E-state index in [1.54, 1.807) is 6.07 Å². The molecule has 1 saturated heterocycles. The summed E-state index contributed by atoms with van der Waals surface area (Å²) in [5, 5.41) is 3.13. The standard InChI is InChI=1S/C22H20F3N3O2S/c23-22(24,25)15(14-7-2-1-3-8-14)13-19(29)28-12-6-10-17(28)20(30)27-21-26-16-9-4-5-11-18(16)31-21/h1-5,7-9,11,15,17H,6,10,12-13H2,(H,26,27,30). The number of alkyl halides is 3. The number of amides is 2. The summed E-state index contributed by atoms with van der Waals surface area (Å²) in [7, 11) is 0. The van der Waals surface area contributed by atoms with Gasteiger partial charge in [0.15, 0.2) is 5.13 Å². The minimum Gasteiger partial charge on any atom is -0.331 e. The van der Waals surface area contributed by atoms with Crippen LogP contribution in [0.5, 0.6) is 0 Å². The van der Waals surface area contributed by atoms with Gasteiger partial charge in [-0.2, -0.15) is 13.2 Å². The van der Waals surface area contributed by atoms with Gasteiger partial charge in [-0.05, 0) is 30.5 Å². The van der Waals surface area contributed by atoms with E-state index in [4.69, 9.17) is 0 Å². The van der Waals surface area contributed by atoms with Crippen LogP contribution >= 0.6 is 11.3 Å². The zero-order valence-corrected chi connectivity index (χ0v) is 17.2. The Kier molecular flexibility index (Phi) is 5.95. The van der Waals surface area contributed by atoms with Gasteiger partial charge in [-0.1, -0.05) is 53.8 Å². The van der Waals surface area contributed by atoms with Crippen LogP contribution in [-0.2, 0) is 9.59 Å². The van der Waals surface area contributed by atoms with Gasteiger partial charge in [-0.15, -0.1) is 0 Å². The Hall–Kier alpha value is -2.94. The zero-order valence-electron chi connectivity index (χ0n) is 16.4. The normalized spacial score (nSPS) is 17.6. The molecule has 5 nitrogen and oxygen atoms in total. The minimum absolute atomic E-state index is 0.0398. The topological polar surface area (TPSA) is 62.3 Å². The van der Waals surface area contributed by atoms with Crippen molar-refractivity contribution < 1.29 is 22.8 Å². The third-order valence-corrected chi connectivity index (χ3v) is 6.33. The third-order valence-electron chi connectivity index (χ3n) is 5.38. The van der Waals surface area contributed by atoms with Crippen LogP contribution in [0.3, 0.4) is 0 Å². The number of aromatic nitrogens is 1. The molecule has 9 heteroatoms. The smallest absolute Gasteiger partial charge is 0.331 e. The Morgan fingerprint density at radius 1 is 1.13 bits per heavy atom. The maximum absolute atomic E-state index is 13.6. The fraction of sp³-hybridized carbons (Fsp3) is 0.318. The first kappa shape index (κ1) is 21.3. The summed E-state index contributed by atoms with van der Waals surface area (Å²) >= 11 is 1.31. The van der Waals surface area contributed by atoms with Gasteiger partial charge in [-0.3, -0.25) is 9.59 Å². The van der Waals surface area contributed by atoms with Crippen LogP contribution in [-0.4, -0.2) is 40.5 Å². The summed E-state index contributed by atoms with van der Waals surface area (Å²) in [5.74, 6) is -3.00. The van der Waals surface area contributed by atoms with Gasteiger partial charge in [-0.25, -0.2) is 4.98 Å². The molecule has 3 aromatic rings. The highest BCUT2D eigenvalue weighted by atomic mass is 32.1. The number of carbonyl (C=O) groups excluding carboxylic acids is 2. The molecule has 0 saturated carbocycles. The number of rotatable bonds is 5. The SMILES string of the molecule is O=C(Nc1nc2ccccc2s1)C1CCCN1C(=O)CC(c1ccccc1)C(F)(F)F. The Balaban J connectivity index is 1.47. The van der Waals surface area contributed by atoms with Crippen molar-refractivity contribution in [2.75, 3.05) is 11.9 Å². The van der Waals surface area contributed by atoms with E-state index in [9.17, 15) is 22.8 Å². The monoisotopic (exact) mass is 447 g/mol. The van der Waals surface area contributed by atoms with Crippen molar-refractivity contribution in [3.8, 4) is 0 Å². The first-order valence-electron chi connectivity index (χ1n) is 9.90. The quantitative estimate of drug-likeness (QED) is 0.601. The molecule has 2 heterocycles. The molecule has 0 aliphatic carbocycles. The number of nitrogens with one attached hydrogen (secondary N) is 1. The highest BCUT2D eigenvalue weighted by molar-refractivity contribution is 7.22. The van der Waals surface area contributed by atoms with Crippen LogP contribution in [0.1, 0.15) is 30.7 Å². The van der Waals surface area contributed by atoms with Crippen LogP contribution in [0.4, 0.5) is 18.3 Å². The third kappa shape index (κ3) is 4.71. The Morgan fingerprint density at radius 2 is 1.84 bits per heavy atom. The molecule has 31 heavy (non-hydrogen) atoms. The lowest BCUT2D eigenvalue weighted by Crippen LogP contribution is -2.44. The van der Waals surface area contributed by atoms with E-state index in [1.165, 1.54) is 40.5 Å². The van der Waals surface area contributed by atoms with Crippen molar-refractivity contribution in [2.45, 2.75) is 37.4 Å². The first-order chi connectivity index (χ1) is 14.8. The molecule has 162 valence electrons. The molecule has 1 fully saturated rings. The summed E-state index contributed by atoms with van der Waals surface area (Å²) in [6, 6.07) is 14.0. The number of nitrogens with zero attached hydrogens (tertiary/aromatic N) is 2. The minimum atomic E-state index is -4.56. The van der Waals surface area contributed by atoms with E-state index in [0.29, 0.717) is 18.0 Å². The second-order valence-corrected chi connectivity index (χ2v) is 8.46. The number of halogens is 3. The fourth-order valence-electron chi connectivity index (χ4n) is 3.85. The van der Waals surface area contributed by atoms with E-state index in [2.05, 4.69) is 10.3 Å². The van der Waals surface area contributed by atoms with Crippen molar-refractivity contribution in [1.82, 2.24) is 9.88 Å². The van der Waals surface area contributed by atoms with Crippen LogP contribution in [0, 0.1) is 0 Å². The van der Waals surface area contributed by atoms with Gasteiger partial charge in [0, 0.05) is 13.0 Å². The predicted molar refractivity (Wildman–Crippen MR) is 113 cm³/mol. The molecular formula is C22H20F3N3O2S. The van der Waals surface area contributed by atoms with Gasteiger partial charge in [0.2, 0.25) is 11.8 Å².